The molecular formula is C6H5N3. The van der Waals surface area contributed by atoms with Crippen molar-refractivity contribution in [3.63, 3.8) is 0 Å². The predicted octanol–water partition coefficient (Wildman–Crippen LogP) is 0.729. The zero-order valence-corrected chi connectivity index (χ0v) is 4.65. The Morgan fingerprint density at radius 1 is 1.56 bits per heavy atom. The van der Waals surface area contributed by atoms with Crippen LogP contribution >= 0.6 is 0 Å². The van der Waals surface area contributed by atoms with Crippen LogP contribution in [0.3, 0.4) is 0 Å². The molecule has 3 heteroatoms. The topological polar surface area (TPSA) is 30.2 Å². The predicted molar refractivity (Wildman–Crippen MR) is 33.0 cm³/mol. The van der Waals surface area contributed by atoms with Gasteiger partial charge in [0.1, 0.15) is 0 Å². The van der Waals surface area contributed by atoms with E-state index in [0.29, 0.717) is 6.04 Å². The first-order valence-electron chi connectivity index (χ1n) is 3.12. The highest BCUT2D eigenvalue weighted by Crippen LogP contribution is 1.93. The van der Waals surface area contributed by atoms with E-state index in [4.69, 9.17) is 1.37 Å². The van der Waals surface area contributed by atoms with Crippen LogP contribution in [0.25, 0.3) is 5.65 Å². The van der Waals surface area contributed by atoms with Crippen LogP contribution < -0.4 is 0 Å². The summed E-state index contributed by atoms with van der Waals surface area (Å²) in [5.74, 6) is 0. The number of rotatable bonds is 0. The lowest BCUT2D eigenvalue weighted by atomic mass is 10.6. The van der Waals surface area contributed by atoms with Gasteiger partial charge in [-0.25, -0.2) is 9.50 Å². The zero-order chi connectivity index (χ0) is 6.97. The second kappa shape index (κ2) is 1.55. The summed E-state index contributed by atoms with van der Waals surface area (Å²) in [6.07, 6.45) is 4.77. The van der Waals surface area contributed by atoms with E-state index in [0.717, 1.165) is 5.65 Å². The highest BCUT2D eigenvalue weighted by atomic mass is 15.2. The van der Waals surface area contributed by atoms with Gasteiger partial charge in [-0.3, -0.25) is 0 Å². The van der Waals surface area contributed by atoms with Crippen molar-refractivity contribution in [3.05, 3.63) is 30.7 Å². The van der Waals surface area contributed by atoms with Crippen LogP contribution in [0.1, 0.15) is 1.37 Å². The molecule has 0 saturated heterocycles. The Labute approximate surface area is 53.4 Å². The van der Waals surface area contributed by atoms with E-state index in [-0.39, 0.29) is 0 Å². The minimum Gasteiger partial charge on any atom is -0.237 e. The van der Waals surface area contributed by atoms with Crippen LogP contribution in [0.5, 0.6) is 0 Å². The highest BCUT2D eigenvalue weighted by Gasteiger charge is 1.86. The molecule has 9 heavy (non-hydrogen) atoms. The molecule has 2 aromatic rings. The molecule has 0 bridgehead atoms. The lowest BCUT2D eigenvalue weighted by Gasteiger charge is -1.85. The Morgan fingerprint density at radius 2 is 2.56 bits per heavy atom. The van der Waals surface area contributed by atoms with Crippen molar-refractivity contribution in [1.29, 1.82) is 0 Å². The molecule has 0 spiro atoms. The van der Waals surface area contributed by atoms with Crippen LogP contribution in [0.4, 0.5) is 0 Å². The molecule has 0 unspecified atom stereocenters. The van der Waals surface area contributed by atoms with E-state index in [1.807, 2.05) is 0 Å². The van der Waals surface area contributed by atoms with Gasteiger partial charge in [0.15, 0.2) is 5.65 Å². The smallest absolute Gasteiger partial charge is 0.154 e. The summed E-state index contributed by atoms with van der Waals surface area (Å²) in [4.78, 5) is 3.95. The third kappa shape index (κ3) is 0.579. The molecule has 0 aliphatic carbocycles. The summed E-state index contributed by atoms with van der Waals surface area (Å²) in [6.45, 7) is 0. The Hall–Kier alpha value is -1.38. The fourth-order valence-electron chi connectivity index (χ4n) is 0.716. The Balaban J connectivity index is 2.86. The molecule has 2 heterocycles. The molecule has 0 aromatic carbocycles. The van der Waals surface area contributed by atoms with Gasteiger partial charge in [0.25, 0.3) is 0 Å². The van der Waals surface area contributed by atoms with Crippen molar-refractivity contribution in [2.75, 3.05) is 0 Å². The maximum Gasteiger partial charge on any atom is 0.154 e. The van der Waals surface area contributed by atoms with Crippen LogP contribution in [-0.2, 0) is 0 Å². The molecule has 0 aliphatic rings. The third-order valence-corrected chi connectivity index (χ3v) is 1.12. The Bertz CT molecular complexity index is 355. The summed E-state index contributed by atoms with van der Waals surface area (Å²) in [6, 6.07) is 2.16. The molecule has 0 atom stereocenters. The Kier molecular flexibility index (Phi) is 0.621. The summed E-state index contributed by atoms with van der Waals surface area (Å²) in [5.41, 5.74) is 0.774. The van der Waals surface area contributed by atoms with E-state index >= 15 is 0 Å². The average Bonchev–Trinajstić information content (AvgIpc) is 2.33. The van der Waals surface area contributed by atoms with Crippen LogP contribution in [0, 0.1) is 0 Å². The summed E-state index contributed by atoms with van der Waals surface area (Å²) >= 11 is 0. The number of nitrogens with zero attached hydrogens (tertiary/aromatic N) is 3. The minimum absolute atomic E-state index is 0.371. The molecule has 0 fully saturated rings. The second-order valence-corrected chi connectivity index (χ2v) is 1.69. The molecule has 2 aromatic heterocycles. The normalized spacial score (nSPS) is 11.8. The van der Waals surface area contributed by atoms with E-state index in [1.54, 1.807) is 23.0 Å². The molecule has 0 saturated carbocycles. The number of fused-ring (bicyclic) bond motifs is 1. The number of hydrogen-bond donors (Lipinski definition) is 0. The number of hydrogen-bond acceptors (Lipinski definition) is 2. The van der Waals surface area contributed by atoms with E-state index in [1.165, 1.54) is 6.20 Å². The minimum atomic E-state index is 0.371. The van der Waals surface area contributed by atoms with Crippen molar-refractivity contribution < 1.29 is 1.37 Å². The van der Waals surface area contributed by atoms with E-state index in [9.17, 15) is 0 Å². The van der Waals surface area contributed by atoms with Gasteiger partial charge in [-0.05, 0) is 6.04 Å². The molecular weight excluding hydrogens is 114 g/mol. The Morgan fingerprint density at radius 3 is 3.56 bits per heavy atom. The van der Waals surface area contributed by atoms with Crippen molar-refractivity contribution in [1.82, 2.24) is 14.6 Å². The van der Waals surface area contributed by atoms with Gasteiger partial charge in [0, 0.05) is 18.5 Å². The monoisotopic (exact) mass is 120 g/mol. The summed E-state index contributed by atoms with van der Waals surface area (Å²) in [7, 11) is 0. The zero-order valence-electron chi connectivity index (χ0n) is 5.65. The first kappa shape index (κ1) is 3.61. The van der Waals surface area contributed by atoms with Crippen molar-refractivity contribution in [2.45, 2.75) is 0 Å². The first-order valence-corrected chi connectivity index (χ1v) is 2.62. The first-order chi connectivity index (χ1) is 4.86. The van der Waals surface area contributed by atoms with Gasteiger partial charge in [-0.1, -0.05) is 0 Å². The fourth-order valence-corrected chi connectivity index (χ4v) is 0.716. The van der Waals surface area contributed by atoms with Gasteiger partial charge < -0.3 is 0 Å². The fraction of sp³-hybridized carbons (Fsp3) is 0. The van der Waals surface area contributed by atoms with Crippen LogP contribution in [-0.4, -0.2) is 14.6 Å². The third-order valence-electron chi connectivity index (χ3n) is 1.12. The largest absolute Gasteiger partial charge is 0.237 e. The van der Waals surface area contributed by atoms with Gasteiger partial charge >= 0.3 is 0 Å². The van der Waals surface area contributed by atoms with Gasteiger partial charge in [-0.15, -0.1) is 0 Å². The van der Waals surface area contributed by atoms with Crippen molar-refractivity contribution in [2.24, 2.45) is 0 Å². The average molecular weight is 120 g/mol. The van der Waals surface area contributed by atoms with E-state index in [2.05, 4.69) is 10.1 Å². The highest BCUT2D eigenvalue weighted by molar-refractivity contribution is 5.33. The molecule has 44 valence electrons. The second-order valence-electron chi connectivity index (χ2n) is 1.69. The van der Waals surface area contributed by atoms with Crippen molar-refractivity contribution >= 4 is 5.65 Å². The molecule has 0 N–H and O–H groups in total. The molecule has 0 amide bonds. The standard InChI is InChI=1S/C6H5N3/c1-3-7-6-2-4-8-9(6)5-1/h1-5H/i1D. The molecule has 2 rings (SSSR count). The molecule has 0 radical (unpaired) electrons. The van der Waals surface area contributed by atoms with Crippen molar-refractivity contribution in [3.8, 4) is 0 Å². The molecule has 3 nitrogen and oxygen atoms in total. The van der Waals surface area contributed by atoms with Crippen LogP contribution in [0.2, 0.25) is 0 Å². The quantitative estimate of drug-likeness (QED) is 0.513. The molecule has 0 aliphatic heterocycles. The SMILES string of the molecule is [2H]c1cnc2ccnn2c1. The van der Waals surface area contributed by atoms with E-state index < -0.39 is 0 Å². The maximum absolute atomic E-state index is 7.19. The number of aromatic nitrogens is 3. The lowest BCUT2D eigenvalue weighted by Crippen LogP contribution is -1.85. The van der Waals surface area contributed by atoms with Gasteiger partial charge in [0.05, 0.1) is 7.57 Å². The lowest BCUT2D eigenvalue weighted by molar-refractivity contribution is 0.939. The summed E-state index contributed by atoms with van der Waals surface area (Å²) in [5, 5.41) is 3.91. The van der Waals surface area contributed by atoms with Gasteiger partial charge in [0.2, 0.25) is 0 Å². The summed E-state index contributed by atoms with van der Waals surface area (Å²) < 4.78 is 8.76. The maximum atomic E-state index is 7.19. The van der Waals surface area contributed by atoms with Crippen LogP contribution in [0.15, 0.2) is 30.7 Å². The van der Waals surface area contributed by atoms with Gasteiger partial charge in [-0.2, -0.15) is 5.10 Å².